The Morgan fingerprint density at radius 3 is 2.21 bits per heavy atom. The molecule has 0 saturated heterocycles. The Balaban J connectivity index is 2.13. The summed E-state index contributed by atoms with van der Waals surface area (Å²) in [6, 6.07) is 6.99. The van der Waals surface area contributed by atoms with E-state index in [2.05, 4.69) is 4.18 Å². The topological polar surface area (TPSA) is 69.4 Å². The van der Waals surface area contributed by atoms with Crippen molar-refractivity contribution in [1.82, 2.24) is 0 Å². The molecule has 1 aromatic carbocycles. The van der Waals surface area contributed by atoms with E-state index in [0.29, 0.717) is 5.92 Å². The number of hydrogen-bond acceptors (Lipinski definition) is 3. The molecule has 76 valence electrons. The van der Waals surface area contributed by atoms with Crippen molar-refractivity contribution in [3.63, 3.8) is 0 Å². The molecule has 0 aliphatic heterocycles. The van der Waals surface area contributed by atoms with E-state index < -0.39 is 10.3 Å². The second kappa shape index (κ2) is 3.25. The first kappa shape index (κ1) is 9.48. The van der Waals surface area contributed by atoms with E-state index >= 15 is 0 Å². The maximum Gasteiger partial charge on any atom is 0.380 e. The zero-order valence-electron chi connectivity index (χ0n) is 7.51. The number of benzene rings is 1. The molecular formula is C9H11NO3S. The fourth-order valence-electron chi connectivity index (χ4n) is 1.35. The molecule has 1 fully saturated rings. The largest absolute Gasteiger partial charge is 0.380 e. The standard InChI is InChI=1S/C9H11NO3S/c10-14(11,12)13-9-5-3-8(4-6-9)7-1-2-7/h3-7H,1-2H2,(H2,10,11,12). The Kier molecular flexibility index (Phi) is 2.20. The molecule has 0 amide bonds. The molecule has 2 N–H and O–H groups in total. The van der Waals surface area contributed by atoms with Crippen LogP contribution in [0.15, 0.2) is 24.3 Å². The predicted octanol–water partition coefficient (Wildman–Crippen LogP) is 1.15. The average Bonchev–Trinajstić information content (AvgIpc) is 2.85. The van der Waals surface area contributed by atoms with Gasteiger partial charge in [0.25, 0.3) is 0 Å². The fraction of sp³-hybridized carbons (Fsp3) is 0.333. The van der Waals surface area contributed by atoms with Crippen LogP contribution < -0.4 is 9.32 Å². The summed E-state index contributed by atoms with van der Waals surface area (Å²) in [5, 5.41) is 4.73. The summed E-state index contributed by atoms with van der Waals surface area (Å²) in [4.78, 5) is 0. The van der Waals surface area contributed by atoms with Gasteiger partial charge in [0, 0.05) is 0 Å². The number of hydrogen-bond donors (Lipinski definition) is 1. The summed E-state index contributed by atoms with van der Waals surface area (Å²) in [6.45, 7) is 0. The third kappa shape index (κ3) is 2.46. The smallest absolute Gasteiger partial charge is 0.371 e. The van der Waals surface area contributed by atoms with Crippen molar-refractivity contribution >= 4 is 10.3 Å². The van der Waals surface area contributed by atoms with E-state index in [1.54, 1.807) is 12.1 Å². The summed E-state index contributed by atoms with van der Waals surface area (Å²) in [6.07, 6.45) is 2.44. The number of rotatable bonds is 3. The van der Waals surface area contributed by atoms with Crippen LogP contribution in [0.25, 0.3) is 0 Å². The van der Waals surface area contributed by atoms with Crippen LogP contribution in [0, 0.1) is 0 Å². The van der Waals surface area contributed by atoms with Gasteiger partial charge >= 0.3 is 10.3 Å². The van der Waals surface area contributed by atoms with Crippen molar-refractivity contribution in [3.05, 3.63) is 29.8 Å². The summed E-state index contributed by atoms with van der Waals surface area (Å²) in [5.41, 5.74) is 1.23. The van der Waals surface area contributed by atoms with Crippen molar-refractivity contribution in [1.29, 1.82) is 0 Å². The lowest BCUT2D eigenvalue weighted by atomic mass is 10.1. The predicted molar refractivity (Wildman–Crippen MR) is 52.2 cm³/mol. The van der Waals surface area contributed by atoms with E-state index in [0.717, 1.165) is 0 Å². The van der Waals surface area contributed by atoms with Crippen LogP contribution in [0.5, 0.6) is 5.75 Å². The fourth-order valence-corrected chi connectivity index (χ4v) is 1.73. The molecule has 5 heteroatoms. The molecule has 0 heterocycles. The SMILES string of the molecule is NS(=O)(=O)Oc1ccc(C2CC2)cc1. The average molecular weight is 213 g/mol. The molecule has 1 aliphatic rings. The first-order valence-electron chi connectivity index (χ1n) is 4.37. The zero-order chi connectivity index (χ0) is 10.2. The Morgan fingerprint density at radius 1 is 1.21 bits per heavy atom. The minimum absolute atomic E-state index is 0.261. The summed E-state index contributed by atoms with van der Waals surface area (Å²) >= 11 is 0. The molecule has 0 radical (unpaired) electrons. The van der Waals surface area contributed by atoms with E-state index in [4.69, 9.17) is 5.14 Å². The van der Waals surface area contributed by atoms with Gasteiger partial charge in [-0.1, -0.05) is 12.1 Å². The van der Waals surface area contributed by atoms with E-state index in [9.17, 15) is 8.42 Å². The molecule has 14 heavy (non-hydrogen) atoms. The first-order chi connectivity index (χ1) is 6.54. The molecule has 4 nitrogen and oxygen atoms in total. The van der Waals surface area contributed by atoms with E-state index in [1.165, 1.54) is 18.4 Å². The Hall–Kier alpha value is -1.07. The minimum atomic E-state index is -3.89. The normalized spacial score (nSPS) is 16.6. The highest BCUT2D eigenvalue weighted by molar-refractivity contribution is 7.84. The molecule has 1 aromatic rings. The van der Waals surface area contributed by atoms with Crippen LogP contribution in [0.1, 0.15) is 24.3 Å². The van der Waals surface area contributed by atoms with Crippen molar-refractivity contribution in [2.24, 2.45) is 5.14 Å². The number of nitrogens with two attached hydrogens (primary N) is 1. The van der Waals surface area contributed by atoms with Crippen LogP contribution in [-0.4, -0.2) is 8.42 Å². The lowest BCUT2D eigenvalue weighted by Crippen LogP contribution is -2.18. The second-order valence-corrected chi connectivity index (χ2v) is 4.57. The van der Waals surface area contributed by atoms with E-state index in [-0.39, 0.29) is 5.75 Å². The summed E-state index contributed by atoms with van der Waals surface area (Å²) < 4.78 is 25.7. The summed E-state index contributed by atoms with van der Waals surface area (Å²) in [5.74, 6) is 0.912. The minimum Gasteiger partial charge on any atom is -0.371 e. The molecule has 1 aliphatic carbocycles. The van der Waals surface area contributed by atoms with Crippen molar-refractivity contribution in [2.45, 2.75) is 18.8 Å². The van der Waals surface area contributed by atoms with E-state index in [1.807, 2.05) is 12.1 Å². The van der Waals surface area contributed by atoms with Crippen LogP contribution in [0.2, 0.25) is 0 Å². The quantitative estimate of drug-likeness (QED) is 0.818. The first-order valence-corrected chi connectivity index (χ1v) is 5.84. The highest BCUT2D eigenvalue weighted by Gasteiger charge is 2.23. The van der Waals surface area contributed by atoms with Crippen molar-refractivity contribution in [2.75, 3.05) is 0 Å². The zero-order valence-corrected chi connectivity index (χ0v) is 8.33. The van der Waals surface area contributed by atoms with Crippen LogP contribution in [0.3, 0.4) is 0 Å². The molecule has 0 aromatic heterocycles. The van der Waals surface area contributed by atoms with Gasteiger partial charge in [-0.2, -0.15) is 13.6 Å². The van der Waals surface area contributed by atoms with Gasteiger partial charge in [0.1, 0.15) is 5.75 Å². The van der Waals surface area contributed by atoms with Gasteiger partial charge in [-0.3, -0.25) is 0 Å². The van der Waals surface area contributed by atoms with Gasteiger partial charge in [-0.05, 0) is 36.5 Å². The maximum atomic E-state index is 10.6. The Bertz CT molecular complexity index is 420. The molecule has 0 atom stereocenters. The highest BCUT2D eigenvalue weighted by Crippen LogP contribution is 2.40. The molecule has 0 spiro atoms. The van der Waals surface area contributed by atoms with Crippen molar-refractivity contribution in [3.8, 4) is 5.75 Å². The Morgan fingerprint density at radius 2 is 1.79 bits per heavy atom. The van der Waals surface area contributed by atoms with Gasteiger partial charge in [-0.25, -0.2) is 0 Å². The van der Waals surface area contributed by atoms with Crippen LogP contribution >= 0.6 is 0 Å². The monoisotopic (exact) mass is 213 g/mol. The van der Waals surface area contributed by atoms with Crippen LogP contribution in [-0.2, 0) is 10.3 Å². The lowest BCUT2D eigenvalue weighted by Gasteiger charge is -2.03. The highest BCUT2D eigenvalue weighted by atomic mass is 32.2. The van der Waals surface area contributed by atoms with Gasteiger partial charge in [-0.15, -0.1) is 0 Å². The molecule has 2 rings (SSSR count). The van der Waals surface area contributed by atoms with Gasteiger partial charge in [0.2, 0.25) is 0 Å². The molecule has 0 bridgehead atoms. The van der Waals surface area contributed by atoms with Gasteiger partial charge < -0.3 is 4.18 Å². The maximum absolute atomic E-state index is 10.6. The second-order valence-electron chi connectivity index (χ2n) is 3.42. The summed E-state index contributed by atoms with van der Waals surface area (Å²) in [7, 11) is -3.89. The van der Waals surface area contributed by atoms with Crippen LogP contribution in [0.4, 0.5) is 0 Å². The van der Waals surface area contributed by atoms with Gasteiger partial charge in [0.15, 0.2) is 0 Å². The third-order valence-electron chi connectivity index (χ3n) is 2.14. The third-order valence-corrected chi connectivity index (χ3v) is 2.57. The van der Waals surface area contributed by atoms with Crippen molar-refractivity contribution < 1.29 is 12.6 Å². The lowest BCUT2D eigenvalue weighted by molar-refractivity contribution is 0.487. The Labute approximate surface area is 82.9 Å². The molecule has 0 unspecified atom stereocenters. The molecular weight excluding hydrogens is 202 g/mol. The molecule has 1 saturated carbocycles. The van der Waals surface area contributed by atoms with Gasteiger partial charge in [0.05, 0.1) is 0 Å².